The van der Waals surface area contributed by atoms with Crippen LogP contribution in [0.3, 0.4) is 0 Å². The molecule has 0 radical (unpaired) electrons. The first-order valence-corrected chi connectivity index (χ1v) is 10.2. The fourth-order valence-electron chi connectivity index (χ4n) is 2.18. The Bertz CT molecular complexity index is 827. The van der Waals surface area contributed by atoms with Gasteiger partial charge in [-0.15, -0.1) is 0 Å². The van der Waals surface area contributed by atoms with Gasteiger partial charge in [0.15, 0.2) is 0 Å². The van der Waals surface area contributed by atoms with Crippen molar-refractivity contribution in [1.82, 2.24) is 10.0 Å². The Morgan fingerprint density at radius 2 is 2.00 bits per heavy atom. The molecule has 1 amide bonds. The number of hydrogen-bond acceptors (Lipinski definition) is 5. The van der Waals surface area contributed by atoms with Crippen LogP contribution in [-0.4, -0.2) is 34.1 Å². The maximum Gasteiger partial charge on any atom is 0.244 e. The lowest BCUT2D eigenvalue weighted by atomic mass is 10.2. The predicted molar refractivity (Wildman–Crippen MR) is 102 cm³/mol. The summed E-state index contributed by atoms with van der Waals surface area (Å²) in [7, 11) is -3.63. The van der Waals surface area contributed by atoms with Gasteiger partial charge >= 0.3 is 0 Å². The fourth-order valence-corrected chi connectivity index (χ4v) is 3.18. The molecule has 2 aromatic rings. The first-order chi connectivity index (χ1) is 13.0. The summed E-state index contributed by atoms with van der Waals surface area (Å²) in [6.07, 6.45) is 5.29. The van der Waals surface area contributed by atoms with E-state index in [9.17, 15) is 13.2 Å². The van der Waals surface area contributed by atoms with Gasteiger partial charge in [0.05, 0.1) is 17.7 Å². The van der Waals surface area contributed by atoms with Crippen molar-refractivity contribution in [3.63, 3.8) is 0 Å². The van der Waals surface area contributed by atoms with Crippen LogP contribution in [-0.2, 0) is 26.1 Å². The van der Waals surface area contributed by atoms with Crippen molar-refractivity contribution in [2.75, 3.05) is 19.8 Å². The van der Waals surface area contributed by atoms with Crippen LogP contribution in [0.2, 0.25) is 0 Å². The van der Waals surface area contributed by atoms with Crippen LogP contribution in [0.25, 0.3) is 6.08 Å². The van der Waals surface area contributed by atoms with Gasteiger partial charge in [-0.1, -0.05) is 12.1 Å². The van der Waals surface area contributed by atoms with E-state index in [1.54, 1.807) is 30.3 Å². The maximum atomic E-state index is 12.3. The zero-order chi connectivity index (χ0) is 19.5. The summed E-state index contributed by atoms with van der Waals surface area (Å²) in [6, 6.07) is 9.65. The molecule has 1 heterocycles. The van der Waals surface area contributed by atoms with Crippen LogP contribution in [0.15, 0.2) is 58.1 Å². The van der Waals surface area contributed by atoms with E-state index >= 15 is 0 Å². The molecule has 0 unspecified atom stereocenters. The van der Waals surface area contributed by atoms with Crippen LogP contribution in [0.5, 0.6) is 0 Å². The van der Waals surface area contributed by atoms with Crippen molar-refractivity contribution in [1.29, 1.82) is 0 Å². The molecule has 7 nitrogen and oxygen atoms in total. The topological polar surface area (TPSA) is 97.6 Å². The summed E-state index contributed by atoms with van der Waals surface area (Å²) < 4.78 is 37.3. The zero-order valence-electron chi connectivity index (χ0n) is 15.2. The molecule has 2 N–H and O–H groups in total. The highest BCUT2D eigenvalue weighted by Gasteiger charge is 2.13. The monoisotopic (exact) mass is 392 g/mol. The number of carbonyl (C=O) groups is 1. The van der Waals surface area contributed by atoms with Gasteiger partial charge in [0.1, 0.15) is 5.76 Å². The molecule has 0 aliphatic rings. The number of benzene rings is 1. The summed E-state index contributed by atoms with van der Waals surface area (Å²) in [4.78, 5) is 11.9. The molecule has 146 valence electrons. The number of carbonyl (C=O) groups excluding carboxylic acids is 1. The summed E-state index contributed by atoms with van der Waals surface area (Å²) in [5, 5.41) is 2.76. The molecule has 0 saturated carbocycles. The van der Waals surface area contributed by atoms with Crippen LogP contribution < -0.4 is 10.0 Å². The molecule has 0 atom stereocenters. The van der Waals surface area contributed by atoms with Gasteiger partial charge in [-0.2, -0.15) is 0 Å². The summed E-state index contributed by atoms with van der Waals surface area (Å²) >= 11 is 0. The Morgan fingerprint density at radius 3 is 2.67 bits per heavy atom. The van der Waals surface area contributed by atoms with E-state index in [-0.39, 0.29) is 17.3 Å². The SMILES string of the molecule is CCOCCCNC(=O)/C=C/c1ccc(S(=O)(=O)NCc2ccco2)cc1. The molecule has 1 aromatic heterocycles. The Morgan fingerprint density at radius 1 is 1.22 bits per heavy atom. The minimum Gasteiger partial charge on any atom is -0.468 e. The van der Waals surface area contributed by atoms with Crippen molar-refractivity contribution < 1.29 is 22.4 Å². The minimum atomic E-state index is -3.63. The normalized spacial score (nSPS) is 11.7. The van der Waals surface area contributed by atoms with E-state index < -0.39 is 10.0 Å². The third-order valence-corrected chi connectivity index (χ3v) is 5.02. The second-order valence-corrected chi connectivity index (χ2v) is 7.41. The lowest BCUT2D eigenvalue weighted by molar-refractivity contribution is -0.116. The molecule has 8 heteroatoms. The van der Waals surface area contributed by atoms with E-state index in [1.165, 1.54) is 24.5 Å². The summed E-state index contributed by atoms with van der Waals surface area (Å²) in [6.45, 7) is 3.83. The average Bonchev–Trinajstić information content (AvgIpc) is 3.19. The first kappa shape index (κ1) is 20.9. The maximum absolute atomic E-state index is 12.3. The van der Waals surface area contributed by atoms with E-state index in [2.05, 4.69) is 10.0 Å². The third kappa shape index (κ3) is 7.38. The van der Waals surface area contributed by atoms with Gasteiger partial charge in [-0.3, -0.25) is 4.79 Å². The Labute approximate surface area is 159 Å². The molecule has 2 rings (SSSR count). The lowest BCUT2D eigenvalue weighted by Crippen LogP contribution is -2.23. The second kappa shape index (κ2) is 10.7. The Kier molecular flexibility index (Phi) is 8.25. The number of rotatable bonds is 11. The Balaban J connectivity index is 1.84. The van der Waals surface area contributed by atoms with Gasteiger partial charge in [-0.05, 0) is 49.2 Å². The molecule has 0 fully saturated rings. The van der Waals surface area contributed by atoms with Crippen molar-refractivity contribution in [2.45, 2.75) is 24.8 Å². The molecule has 0 saturated heterocycles. The third-order valence-electron chi connectivity index (χ3n) is 3.60. The quantitative estimate of drug-likeness (QED) is 0.452. The van der Waals surface area contributed by atoms with Crippen molar-refractivity contribution in [3.05, 3.63) is 60.1 Å². The van der Waals surface area contributed by atoms with Gasteiger partial charge in [-0.25, -0.2) is 13.1 Å². The number of furan rings is 1. The zero-order valence-corrected chi connectivity index (χ0v) is 16.0. The number of ether oxygens (including phenoxy) is 1. The highest BCUT2D eigenvalue weighted by Crippen LogP contribution is 2.12. The first-order valence-electron chi connectivity index (χ1n) is 8.67. The summed E-state index contributed by atoms with van der Waals surface area (Å²) in [5.41, 5.74) is 0.726. The molecule has 0 spiro atoms. The largest absolute Gasteiger partial charge is 0.468 e. The number of sulfonamides is 1. The number of hydrogen-bond donors (Lipinski definition) is 2. The standard InChI is InChI=1S/C19H24N2O5S/c1-2-25-13-4-12-20-19(22)11-8-16-6-9-18(10-7-16)27(23,24)21-15-17-5-3-14-26-17/h3,5-11,14,21H,2,4,12-13,15H2,1H3,(H,20,22)/b11-8+. The van der Waals surface area contributed by atoms with Crippen LogP contribution >= 0.6 is 0 Å². The van der Waals surface area contributed by atoms with Crippen LogP contribution in [0, 0.1) is 0 Å². The second-order valence-electron chi connectivity index (χ2n) is 5.65. The molecule has 1 aromatic carbocycles. The highest BCUT2D eigenvalue weighted by atomic mass is 32.2. The van der Waals surface area contributed by atoms with Crippen LogP contribution in [0.1, 0.15) is 24.7 Å². The predicted octanol–water partition coefficient (Wildman–Crippen LogP) is 2.31. The van der Waals surface area contributed by atoms with Gasteiger partial charge in [0.25, 0.3) is 0 Å². The van der Waals surface area contributed by atoms with Gasteiger partial charge < -0.3 is 14.5 Å². The number of amides is 1. The molecule has 0 bridgehead atoms. The molecule has 27 heavy (non-hydrogen) atoms. The van der Waals surface area contributed by atoms with Crippen molar-refractivity contribution in [3.8, 4) is 0 Å². The Hall–Kier alpha value is -2.42. The van der Waals surface area contributed by atoms with Crippen LogP contribution in [0.4, 0.5) is 0 Å². The molecular formula is C19H24N2O5S. The van der Waals surface area contributed by atoms with E-state index in [0.717, 1.165) is 12.0 Å². The fraction of sp³-hybridized carbons (Fsp3) is 0.316. The van der Waals surface area contributed by atoms with E-state index in [0.29, 0.717) is 25.5 Å². The summed E-state index contributed by atoms with van der Waals surface area (Å²) in [5.74, 6) is 0.328. The van der Waals surface area contributed by atoms with E-state index in [4.69, 9.17) is 9.15 Å². The van der Waals surface area contributed by atoms with Crippen molar-refractivity contribution in [2.24, 2.45) is 0 Å². The molecule has 0 aliphatic heterocycles. The smallest absolute Gasteiger partial charge is 0.244 e. The minimum absolute atomic E-state index is 0.0838. The van der Waals surface area contributed by atoms with Gasteiger partial charge in [0.2, 0.25) is 15.9 Å². The van der Waals surface area contributed by atoms with E-state index in [1.807, 2.05) is 6.92 Å². The van der Waals surface area contributed by atoms with Gasteiger partial charge in [0, 0.05) is 25.8 Å². The number of nitrogens with one attached hydrogen (secondary N) is 2. The highest BCUT2D eigenvalue weighted by molar-refractivity contribution is 7.89. The lowest BCUT2D eigenvalue weighted by Gasteiger charge is -2.06. The van der Waals surface area contributed by atoms with Crippen molar-refractivity contribution >= 4 is 22.0 Å². The molecule has 0 aliphatic carbocycles. The molecular weight excluding hydrogens is 368 g/mol. The average molecular weight is 392 g/mol.